The number of thiazole rings is 1. The Bertz CT molecular complexity index is 935. The standard InChI is InChI=1S/C21H27N5O3S/c1-2-15-4-3-5-16-20(15)23-21(30-16)25-12-10-24(11-13-25)9-8-22-17(27)14-26-18(28)6-7-19(26)29/h3-5H,2,6-14H2,1H3,(H,22,27). The van der Waals surface area contributed by atoms with E-state index in [-0.39, 0.29) is 37.1 Å². The summed E-state index contributed by atoms with van der Waals surface area (Å²) in [7, 11) is 0. The molecule has 4 rings (SSSR count). The van der Waals surface area contributed by atoms with E-state index in [1.165, 1.54) is 10.3 Å². The first-order chi connectivity index (χ1) is 14.5. The molecule has 2 aromatic rings. The maximum Gasteiger partial charge on any atom is 0.240 e. The van der Waals surface area contributed by atoms with Gasteiger partial charge in [-0.1, -0.05) is 30.4 Å². The monoisotopic (exact) mass is 429 g/mol. The summed E-state index contributed by atoms with van der Waals surface area (Å²) in [5.41, 5.74) is 2.42. The molecule has 0 saturated carbocycles. The summed E-state index contributed by atoms with van der Waals surface area (Å²) in [6.45, 7) is 6.90. The fourth-order valence-corrected chi connectivity index (χ4v) is 4.99. The molecule has 0 spiro atoms. The molecule has 2 aliphatic heterocycles. The van der Waals surface area contributed by atoms with E-state index >= 15 is 0 Å². The number of amides is 3. The zero-order valence-electron chi connectivity index (χ0n) is 17.2. The van der Waals surface area contributed by atoms with Crippen molar-refractivity contribution in [2.24, 2.45) is 0 Å². The molecule has 8 nitrogen and oxygen atoms in total. The minimum atomic E-state index is -0.279. The van der Waals surface area contributed by atoms with E-state index in [4.69, 9.17) is 4.98 Å². The van der Waals surface area contributed by atoms with Gasteiger partial charge < -0.3 is 10.2 Å². The number of anilines is 1. The molecule has 2 fully saturated rings. The molecule has 1 N–H and O–H groups in total. The first-order valence-corrected chi connectivity index (χ1v) is 11.3. The Balaban J connectivity index is 1.22. The number of rotatable bonds is 7. The lowest BCUT2D eigenvalue weighted by atomic mass is 10.1. The third-order valence-corrected chi connectivity index (χ3v) is 6.80. The zero-order valence-corrected chi connectivity index (χ0v) is 18.0. The molecule has 2 aliphatic rings. The maximum atomic E-state index is 12.0. The van der Waals surface area contributed by atoms with E-state index in [1.54, 1.807) is 11.3 Å². The highest BCUT2D eigenvalue weighted by molar-refractivity contribution is 7.22. The highest BCUT2D eigenvalue weighted by Crippen LogP contribution is 2.31. The first kappa shape index (κ1) is 20.7. The number of hydrogen-bond acceptors (Lipinski definition) is 7. The molecule has 3 heterocycles. The van der Waals surface area contributed by atoms with Gasteiger partial charge in [0.05, 0.1) is 10.2 Å². The lowest BCUT2D eigenvalue weighted by Gasteiger charge is -2.34. The van der Waals surface area contributed by atoms with Gasteiger partial charge in [-0.3, -0.25) is 24.2 Å². The Morgan fingerprint density at radius 3 is 2.57 bits per heavy atom. The molecule has 9 heteroatoms. The zero-order chi connectivity index (χ0) is 21.1. The molecule has 0 atom stereocenters. The largest absolute Gasteiger partial charge is 0.353 e. The van der Waals surface area contributed by atoms with Crippen LogP contribution in [0.4, 0.5) is 5.13 Å². The second kappa shape index (κ2) is 9.09. The fourth-order valence-electron chi connectivity index (χ4n) is 3.93. The molecule has 0 unspecified atom stereocenters. The van der Waals surface area contributed by atoms with Gasteiger partial charge in [-0.15, -0.1) is 0 Å². The lowest BCUT2D eigenvalue weighted by molar-refractivity contribution is -0.142. The van der Waals surface area contributed by atoms with E-state index < -0.39 is 0 Å². The van der Waals surface area contributed by atoms with E-state index in [2.05, 4.69) is 40.2 Å². The molecular weight excluding hydrogens is 402 g/mol. The number of nitrogens with one attached hydrogen (secondary N) is 1. The molecule has 30 heavy (non-hydrogen) atoms. The topological polar surface area (TPSA) is 85.9 Å². The van der Waals surface area contributed by atoms with Crippen molar-refractivity contribution in [3.05, 3.63) is 23.8 Å². The summed E-state index contributed by atoms with van der Waals surface area (Å²) in [5.74, 6) is -0.794. The van der Waals surface area contributed by atoms with Gasteiger partial charge >= 0.3 is 0 Å². The number of imide groups is 1. The summed E-state index contributed by atoms with van der Waals surface area (Å²) in [6.07, 6.45) is 1.41. The van der Waals surface area contributed by atoms with Gasteiger partial charge in [-0.25, -0.2) is 4.98 Å². The summed E-state index contributed by atoms with van der Waals surface area (Å²) >= 11 is 1.75. The Morgan fingerprint density at radius 2 is 1.87 bits per heavy atom. The van der Waals surface area contributed by atoms with Gasteiger partial charge in [0.15, 0.2) is 5.13 Å². The number of nitrogens with zero attached hydrogens (tertiary/aromatic N) is 4. The smallest absolute Gasteiger partial charge is 0.240 e. The van der Waals surface area contributed by atoms with Crippen LogP contribution in [-0.2, 0) is 20.8 Å². The van der Waals surface area contributed by atoms with E-state index in [0.29, 0.717) is 6.54 Å². The van der Waals surface area contributed by atoms with Gasteiger partial charge in [-0.2, -0.15) is 0 Å². The number of aryl methyl sites for hydroxylation is 1. The average molecular weight is 430 g/mol. The highest BCUT2D eigenvalue weighted by atomic mass is 32.1. The second-order valence-corrected chi connectivity index (χ2v) is 8.68. The molecule has 2 saturated heterocycles. The van der Waals surface area contributed by atoms with Gasteiger partial charge in [0, 0.05) is 52.1 Å². The van der Waals surface area contributed by atoms with Crippen molar-refractivity contribution >= 4 is 44.4 Å². The second-order valence-electron chi connectivity index (χ2n) is 7.67. The number of benzene rings is 1. The predicted octanol–water partition coefficient (Wildman–Crippen LogP) is 1.25. The van der Waals surface area contributed by atoms with Gasteiger partial charge in [0.25, 0.3) is 0 Å². The van der Waals surface area contributed by atoms with Gasteiger partial charge in [-0.05, 0) is 18.1 Å². The molecule has 1 aromatic heterocycles. The van der Waals surface area contributed by atoms with Crippen LogP contribution in [0.5, 0.6) is 0 Å². The normalized spacial score (nSPS) is 17.9. The van der Waals surface area contributed by atoms with E-state index in [1.807, 2.05) is 0 Å². The number of para-hydroxylation sites is 1. The third kappa shape index (κ3) is 4.46. The van der Waals surface area contributed by atoms with Crippen molar-refractivity contribution in [1.29, 1.82) is 0 Å². The van der Waals surface area contributed by atoms with Crippen molar-refractivity contribution in [2.75, 3.05) is 50.7 Å². The van der Waals surface area contributed by atoms with Crippen LogP contribution >= 0.6 is 11.3 Å². The molecular formula is C21H27N5O3S. The molecule has 1 aromatic carbocycles. The van der Waals surface area contributed by atoms with Crippen LogP contribution in [0.1, 0.15) is 25.3 Å². The Labute approximate surface area is 179 Å². The van der Waals surface area contributed by atoms with Crippen molar-refractivity contribution < 1.29 is 14.4 Å². The number of aromatic nitrogens is 1. The van der Waals surface area contributed by atoms with Crippen molar-refractivity contribution in [3.8, 4) is 0 Å². The number of likely N-dealkylation sites (tertiary alicyclic amines) is 1. The molecule has 0 radical (unpaired) electrons. The van der Waals surface area contributed by atoms with Crippen LogP contribution < -0.4 is 10.2 Å². The number of carbonyl (C=O) groups is 3. The number of hydrogen-bond donors (Lipinski definition) is 1. The van der Waals surface area contributed by atoms with Crippen LogP contribution in [0.25, 0.3) is 10.2 Å². The minimum Gasteiger partial charge on any atom is -0.353 e. The Hall–Kier alpha value is -2.52. The minimum absolute atomic E-state index is 0.164. The number of fused-ring (bicyclic) bond motifs is 1. The predicted molar refractivity (Wildman–Crippen MR) is 117 cm³/mol. The molecule has 0 bridgehead atoms. The quantitative estimate of drug-likeness (QED) is 0.667. The van der Waals surface area contributed by atoms with Crippen LogP contribution in [0.3, 0.4) is 0 Å². The van der Waals surface area contributed by atoms with Crippen LogP contribution in [0.15, 0.2) is 18.2 Å². The summed E-state index contributed by atoms with van der Waals surface area (Å²) < 4.78 is 1.24. The highest BCUT2D eigenvalue weighted by Gasteiger charge is 2.30. The average Bonchev–Trinajstić information content (AvgIpc) is 3.33. The Kier molecular flexibility index (Phi) is 6.29. The fraction of sp³-hybridized carbons (Fsp3) is 0.524. The lowest BCUT2D eigenvalue weighted by Crippen LogP contribution is -2.49. The van der Waals surface area contributed by atoms with Crippen LogP contribution in [-0.4, -0.2) is 78.3 Å². The SMILES string of the molecule is CCc1cccc2sc(N3CCN(CCNC(=O)CN4C(=O)CCC4=O)CC3)nc12. The van der Waals surface area contributed by atoms with E-state index in [0.717, 1.165) is 54.7 Å². The van der Waals surface area contributed by atoms with Crippen LogP contribution in [0, 0.1) is 0 Å². The number of piperazine rings is 1. The van der Waals surface area contributed by atoms with Crippen molar-refractivity contribution in [1.82, 2.24) is 20.1 Å². The van der Waals surface area contributed by atoms with E-state index in [9.17, 15) is 14.4 Å². The summed E-state index contributed by atoms with van der Waals surface area (Å²) in [6, 6.07) is 6.39. The molecule has 160 valence electrons. The van der Waals surface area contributed by atoms with Crippen molar-refractivity contribution in [3.63, 3.8) is 0 Å². The van der Waals surface area contributed by atoms with Gasteiger partial charge in [0.1, 0.15) is 6.54 Å². The summed E-state index contributed by atoms with van der Waals surface area (Å²) in [5, 5.41) is 3.90. The first-order valence-electron chi connectivity index (χ1n) is 10.5. The van der Waals surface area contributed by atoms with Gasteiger partial charge in [0.2, 0.25) is 17.7 Å². The third-order valence-electron chi connectivity index (χ3n) is 5.72. The Morgan fingerprint density at radius 1 is 1.13 bits per heavy atom. The van der Waals surface area contributed by atoms with Crippen LogP contribution in [0.2, 0.25) is 0 Å². The molecule has 3 amide bonds. The summed E-state index contributed by atoms with van der Waals surface area (Å²) in [4.78, 5) is 45.8. The van der Waals surface area contributed by atoms with Crippen molar-refractivity contribution in [2.45, 2.75) is 26.2 Å². The number of carbonyl (C=O) groups excluding carboxylic acids is 3. The maximum absolute atomic E-state index is 12.0. The molecule has 0 aliphatic carbocycles.